The van der Waals surface area contributed by atoms with Gasteiger partial charge in [-0.1, -0.05) is 26.8 Å². The molecule has 2 aliphatic rings. The summed E-state index contributed by atoms with van der Waals surface area (Å²) < 4.78 is 5.31. The van der Waals surface area contributed by atoms with E-state index in [0.29, 0.717) is 29.6 Å². The van der Waals surface area contributed by atoms with E-state index in [9.17, 15) is 24.0 Å². The Bertz CT molecular complexity index is 1050. The fourth-order valence-electron chi connectivity index (χ4n) is 5.32. The van der Waals surface area contributed by atoms with Crippen molar-refractivity contribution < 1.29 is 33.8 Å². The molecule has 0 radical (unpaired) electrons. The molecule has 196 valence electrons. The Balaban J connectivity index is 1.86. The zero-order valence-corrected chi connectivity index (χ0v) is 21.4. The van der Waals surface area contributed by atoms with Crippen LogP contribution in [0.1, 0.15) is 62.4 Å². The lowest BCUT2D eigenvalue weighted by Crippen LogP contribution is -2.61. The van der Waals surface area contributed by atoms with Gasteiger partial charge in [-0.2, -0.15) is 0 Å². The van der Waals surface area contributed by atoms with Crippen molar-refractivity contribution in [3.8, 4) is 5.75 Å². The maximum atomic E-state index is 13.9. The zero-order valence-electron chi connectivity index (χ0n) is 21.4. The number of carboxylic acids is 1. The van der Waals surface area contributed by atoms with Gasteiger partial charge in [0, 0.05) is 17.2 Å². The highest BCUT2D eigenvalue weighted by Crippen LogP contribution is 2.43. The molecule has 2 fully saturated rings. The Morgan fingerprint density at radius 1 is 1.19 bits per heavy atom. The summed E-state index contributed by atoms with van der Waals surface area (Å²) >= 11 is 0. The zero-order chi connectivity index (χ0) is 26.8. The van der Waals surface area contributed by atoms with Crippen LogP contribution in [0.2, 0.25) is 0 Å². The molecule has 3 amide bonds. The number of nitrogens with zero attached hydrogens (tertiary/aromatic N) is 1. The molecule has 10 nitrogen and oxygen atoms in total. The van der Waals surface area contributed by atoms with E-state index in [2.05, 4.69) is 10.6 Å². The Kier molecular flexibility index (Phi) is 8.05. The largest absolute Gasteiger partial charge is 0.496 e. The lowest BCUT2D eigenvalue weighted by Gasteiger charge is -2.40. The fraction of sp³-hybridized carbons (Fsp3) is 0.577. The number of piperidine rings is 1. The molecule has 1 aromatic carbocycles. The molecule has 3 N–H and O–H groups in total. The molecule has 1 saturated carbocycles. The average molecular weight is 502 g/mol. The number of amides is 3. The Morgan fingerprint density at radius 2 is 1.89 bits per heavy atom. The molecule has 2 bridgehead atoms. The second-order valence-corrected chi connectivity index (χ2v) is 10.7. The number of ether oxygens (including phenoxy) is 1. The summed E-state index contributed by atoms with van der Waals surface area (Å²) in [6.45, 7) is 7.29. The third-order valence-electron chi connectivity index (χ3n) is 7.13. The summed E-state index contributed by atoms with van der Waals surface area (Å²) in [7, 11) is 1.52. The Labute approximate surface area is 210 Å². The number of aldehydes is 1. The average Bonchev–Trinajstić information content (AvgIpc) is 3.42. The molecule has 36 heavy (non-hydrogen) atoms. The van der Waals surface area contributed by atoms with Gasteiger partial charge < -0.3 is 30.2 Å². The number of aliphatic carboxylic acids is 1. The number of benzene rings is 1. The number of hydrogen-bond donors (Lipinski definition) is 3. The Hall–Kier alpha value is -3.43. The number of fused-ring (bicyclic) bond motifs is 2. The van der Waals surface area contributed by atoms with Crippen molar-refractivity contribution in [3.05, 3.63) is 29.3 Å². The van der Waals surface area contributed by atoms with Crippen molar-refractivity contribution in [2.24, 2.45) is 11.3 Å². The van der Waals surface area contributed by atoms with Gasteiger partial charge in [0.15, 0.2) is 0 Å². The van der Waals surface area contributed by atoms with Crippen molar-refractivity contribution in [1.82, 2.24) is 15.5 Å². The summed E-state index contributed by atoms with van der Waals surface area (Å²) in [5.41, 5.74) is 0.362. The number of carbonyl (C=O) groups excluding carboxylic acids is 4. The van der Waals surface area contributed by atoms with Crippen molar-refractivity contribution in [1.29, 1.82) is 0 Å². The summed E-state index contributed by atoms with van der Waals surface area (Å²) in [5, 5.41) is 14.4. The van der Waals surface area contributed by atoms with Crippen LogP contribution in [0.15, 0.2) is 18.2 Å². The molecule has 1 aliphatic carbocycles. The normalized spacial score (nSPS) is 22.5. The number of carboxylic acid groups (broad SMARTS) is 1. The molecule has 2 unspecified atom stereocenters. The highest BCUT2D eigenvalue weighted by Gasteiger charge is 2.53. The van der Waals surface area contributed by atoms with Gasteiger partial charge >= 0.3 is 5.97 Å². The van der Waals surface area contributed by atoms with E-state index in [1.807, 2.05) is 20.8 Å². The minimum Gasteiger partial charge on any atom is -0.496 e. The van der Waals surface area contributed by atoms with Gasteiger partial charge in [0.1, 0.15) is 24.1 Å². The first kappa shape index (κ1) is 27.2. The van der Waals surface area contributed by atoms with Crippen LogP contribution >= 0.6 is 0 Å². The third kappa shape index (κ3) is 5.52. The SMILES string of the molecule is COc1cccc(C(=O)N[C@H](C(=O)N2C3CC[C@@H](C3)[C@H]2C(=O)NC(C=O)CC(=O)O)C(C)(C)C)c1C. The molecule has 1 saturated heterocycles. The predicted octanol–water partition coefficient (Wildman–Crippen LogP) is 1.69. The third-order valence-corrected chi connectivity index (χ3v) is 7.13. The van der Waals surface area contributed by atoms with Gasteiger partial charge in [-0.3, -0.25) is 19.2 Å². The summed E-state index contributed by atoms with van der Waals surface area (Å²) in [5.74, 6) is -2.08. The number of nitrogens with one attached hydrogen (secondary N) is 2. The highest BCUT2D eigenvalue weighted by molar-refractivity contribution is 6.00. The topological polar surface area (TPSA) is 142 Å². The molecular weight excluding hydrogens is 466 g/mol. The van der Waals surface area contributed by atoms with Crippen molar-refractivity contribution in [2.75, 3.05) is 7.11 Å². The van der Waals surface area contributed by atoms with Crippen LogP contribution in [0.5, 0.6) is 5.75 Å². The molecule has 0 aromatic heterocycles. The minimum absolute atomic E-state index is 0.0898. The molecule has 10 heteroatoms. The Morgan fingerprint density at radius 3 is 2.47 bits per heavy atom. The molecule has 5 atom stereocenters. The first-order valence-corrected chi connectivity index (χ1v) is 12.1. The second-order valence-electron chi connectivity index (χ2n) is 10.7. The van der Waals surface area contributed by atoms with E-state index in [-0.39, 0.29) is 17.9 Å². The van der Waals surface area contributed by atoms with Crippen LogP contribution in [0.4, 0.5) is 0 Å². The van der Waals surface area contributed by atoms with Crippen LogP contribution in [0.3, 0.4) is 0 Å². The van der Waals surface area contributed by atoms with Gasteiger partial charge in [-0.05, 0) is 49.7 Å². The van der Waals surface area contributed by atoms with E-state index in [1.54, 1.807) is 30.0 Å². The van der Waals surface area contributed by atoms with E-state index in [4.69, 9.17) is 9.84 Å². The summed E-state index contributed by atoms with van der Waals surface area (Å²) in [6, 6.07) is 2.02. The smallest absolute Gasteiger partial charge is 0.305 e. The lowest BCUT2D eigenvalue weighted by molar-refractivity contribution is -0.147. The number of likely N-dealkylation sites (tertiary alicyclic amines) is 1. The quantitative estimate of drug-likeness (QED) is 0.437. The van der Waals surface area contributed by atoms with Crippen LogP contribution in [0.25, 0.3) is 0 Å². The van der Waals surface area contributed by atoms with Crippen molar-refractivity contribution >= 4 is 30.0 Å². The van der Waals surface area contributed by atoms with E-state index in [1.165, 1.54) is 7.11 Å². The molecule has 0 spiro atoms. The molecule has 3 rings (SSSR count). The van der Waals surface area contributed by atoms with Crippen LogP contribution < -0.4 is 15.4 Å². The fourth-order valence-corrected chi connectivity index (χ4v) is 5.32. The standard InChI is InChI=1S/C26H35N3O7/c1-14-18(7-6-8-19(14)36-5)23(33)28-22(26(2,3)4)25(35)29-17-10-9-15(11-17)21(29)24(34)27-16(13-30)12-20(31)32/h6-8,13,15-17,21-22H,9-12H2,1-5H3,(H,27,34)(H,28,33)(H,31,32)/t15-,16?,17?,21-,22+/m0/s1. The number of hydrogen-bond acceptors (Lipinski definition) is 6. The number of methoxy groups -OCH3 is 1. The van der Waals surface area contributed by atoms with E-state index >= 15 is 0 Å². The minimum atomic E-state index is -1.21. The number of rotatable bonds is 9. The summed E-state index contributed by atoms with van der Waals surface area (Å²) in [4.78, 5) is 64.3. The van der Waals surface area contributed by atoms with Gasteiger partial charge in [0.25, 0.3) is 5.91 Å². The van der Waals surface area contributed by atoms with Crippen LogP contribution in [0, 0.1) is 18.3 Å². The first-order chi connectivity index (χ1) is 16.9. The molecule has 1 aromatic rings. The maximum Gasteiger partial charge on any atom is 0.305 e. The lowest BCUT2D eigenvalue weighted by atomic mass is 9.84. The predicted molar refractivity (Wildman–Crippen MR) is 130 cm³/mol. The van der Waals surface area contributed by atoms with Gasteiger partial charge in [0.2, 0.25) is 11.8 Å². The summed E-state index contributed by atoms with van der Waals surface area (Å²) in [6.07, 6.45) is 2.00. The van der Waals surface area contributed by atoms with E-state index in [0.717, 1.165) is 12.8 Å². The molecule has 1 aliphatic heterocycles. The first-order valence-electron chi connectivity index (χ1n) is 12.1. The van der Waals surface area contributed by atoms with E-state index < -0.39 is 47.7 Å². The van der Waals surface area contributed by atoms with Gasteiger partial charge in [-0.15, -0.1) is 0 Å². The van der Waals surface area contributed by atoms with Crippen LogP contribution in [-0.4, -0.2) is 71.3 Å². The molecule has 1 heterocycles. The highest BCUT2D eigenvalue weighted by atomic mass is 16.5. The van der Waals surface area contributed by atoms with Crippen LogP contribution in [-0.2, 0) is 19.2 Å². The van der Waals surface area contributed by atoms with Gasteiger partial charge in [-0.25, -0.2) is 0 Å². The van der Waals surface area contributed by atoms with Crippen molar-refractivity contribution in [3.63, 3.8) is 0 Å². The monoisotopic (exact) mass is 501 g/mol. The van der Waals surface area contributed by atoms with Gasteiger partial charge in [0.05, 0.1) is 19.6 Å². The maximum absolute atomic E-state index is 13.9. The molecular formula is C26H35N3O7. The second kappa shape index (κ2) is 10.7. The van der Waals surface area contributed by atoms with Crippen molar-refractivity contribution in [2.45, 2.75) is 77.5 Å². The number of carbonyl (C=O) groups is 5.